The molecule has 160 valence electrons. The molecular weight excluding hydrogens is 394 g/mol. The molecule has 0 radical (unpaired) electrons. The first kappa shape index (κ1) is 20.6. The second kappa shape index (κ2) is 8.99. The van der Waals surface area contributed by atoms with Gasteiger partial charge in [-0.1, -0.05) is 29.8 Å². The van der Waals surface area contributed by atoms with Crippen LogP contribution < -0.4 is 15.8 Å². The Morgan fingerprint density at radius 1 is 1.10 bits per heavy atom. The molecule has 4 rings (SSSR count). The number of benzene rings is 2. The molecule has 0 spiro atoms. The molecule has 2 aromatic rings. The molecule has 0 bridgehead atoms. The standard InChI is InChI=1S/C23H25N5O3/c1-16-7-9-19(10-8-16)28-20(29)15-24-21(26-28)22(30)25-14-17-5-4-6-18(13-17)23(31)27-11-2-3-12-27/h4-10,13H,2-3,11-12,14-15H2,1H3,(H,24,26)(H,25,30). The monoisotopic (exact) mass is 419 g/mol. The van der Waals surface area contributed by atoms with Crippen LogP contribution in [0.3, 0.4) is 0 Å². The normalized spacial score (nSPS) is 16.0. The fourth-order valence-electron chi connectivity index (χ4n) is 3.63. The van der Waals surface area contributed by atoms with E-state index in [-0.39, 0.29) is 30.7 Å². The van der Waals surface area contributed by atoms with Crippen molar-refractivity contribution in [2.24, 2.45) is 4.99 Å². The van der Waals surface area contributed by atoms with E-state index in [0.29, 0.717) is 11.3 Å². The summed E-state index contributed by atoms with van der Waals surface area (Å²) in [6, 6.07) is 14.7. The number of hydrogen-bond acceptors (Lipinski definition) is 5. The molecule has 1 saturated heterocycles. The summed E-state index contributed by atoms with van der Waals surface area (Å²) in [6.45, 7) is 3.69. The lowest BCUT2D eigenvalue weighted by molar-refractivity contribution is -0.118. The fraction of sp³-hybridized carbons (Fsp3) is 0.304. The van der Waals surface area contributed by atoms with Crippen LogP contribution in [-0.2, 0) is 16.1 Å². The number of hydrazine groups is 1. The van der Waals surface area contributed by atoms with Crippen LogP contribution in [0.5, 0.6) is 0 Å². The van der Waals surface area contributed by atoms with Crippen LogP contribution in [0.2, 0.25) is 0 Å². The molecule has 0 aliphatic carbocycles. The van der Waals surface area contributed by atoms with Gasteiger partial charge in [-0.25, -0.2) is 5.01 Å². The van der Waals surface area contributed by atoms with Crippen LogP contribution in [0.15, 0.2) is 53.5 Å². The van der Waals surface area contributed by atoms with E-state index in [1.54, 1.807) is 12.1 Å². The van der Waals surface area contributed by atoms with Gasteiger partial charge in [-0.3, -0.25) is 24.8 Å². The number of carbonyl (C=O) groups excluding carboxylic acids is 3. The second-order valence-corrected chi connectivity index (χ2v) is 7.72. The quantitative estimate of drug-likeness (QED) is 0.773. The number of rotatable bonds is 5. The topological polar surface area (TPSA) is 94.1 Å². The first-order chi connectivity index (χ1) is 15.0. The molecule has 3 amide bonds. The fourth-order valence-corrected chi connectivity index (χ4v) is 3.63. The number of nitrogens with one attached hydrogen (secondary N) is 2. The van der Waals surface area contributed by atoms with Gasteiger partial charge in [0.15, 0.2) is 0 Å². The van der Waals surface area contributed by atoms with E-state index in [1.807, 2.05) is 48.2 Å². The molecule has 31 heavy (non-hydrogen) atoms. The number of anilines is 1. The lowest BCUT2D eigenvalue weighted by Crippen LogP contribution is -2.55. The minimum atomic E-state index is -0.416. The lowest BCUT2D eigenvalue weighted by atomic mass is 10.1. The number of aliphatic imine (C=N–C) groups is 1. The van der Waals surface area contributed by atoms with Gasteiger partial charge in [-0.05, 0) is 49.6 Å². The SMILES string of the molecule is Cc1ccc(N2NC(C(=O)NCc3cccc(C(=O)N4CCCC4)c3)=NCC2=O)cc1. The van der Waals surface area contributed by atoms with Gasteiger partial charge in [0.05, 0.1) is 5.69 Å². The molecule has 2 aliphatic rings. The van der Waals surface area contributed by atoms with E-state index < -0.39 is 5.91 Å². The summed E-state index contributed by atoms with van der Waals surface area (Å²) in [6.07, 6.45) is 2.08. The predicted octanol–water partition coefficient (Wildman–Crippen LogP) is 1.80. The van der Waals surface area contributed by atoms with Gasteiger partial charge in [0, 0.05) is 25.2 Å². The van der Waals surface area contributed by atoms with Crippen LogP contribution >= 0.6 is 0 Å². The van der Waals surface area contributed by atoms with E-state index >= 15 is 0 Å². The number of hydrogen-bond donors (Lipinski definition) is 2. The maximum atomic E-state index is 12.6. The van der Waals surface area contributed by atoms with Crippen molar-refractivity contribution >= 4 is 29.2 Å². The van der Waals surface area contributed by atoms with Crippen molar-refractivity contribution in [3.05, 3.63) is 65.2 Å². The Hall–Kier alpha value is -3.68. The first-order valence-electron chi connectivity index (χ1n) is 10.4. The average Bonchev–Trinajstić information content (AvgIpc) is 3.33. The highest BCUT2D eigenvalue weighted by Gasteiger charge is 2.25. The molecule has 0 atom stereocenters. The highest BCUT2D eigenvalue weighted by molar-refractivity contribution is 6.39. The minimum absolute atomic E-state index is 0.0243. The summed E-state index contributed by atoms with van der Waals surface area (Å²) >= 11 is 0. The largest absolute Gasteiger partial charge is 0.345 e. The number of amidine groups is 1. The third-order valence-corrected chi connectivity index (χ3v) is 5.37. The van der Waals surface area contributed by atoms with Gasteiger partial charge >= 0.3 is 0 Å². The average molecular weight is 419 g/mol. The van der Waals surface area contributed by atoms with Crippen molar-refractivity contribution in [3.8, 4) is 0 Å². The predicted molar refractivity (Wildman–Crippen MR) is 118 cm³/mol. The van der Waals surface area contributed by atoms with E-state index in [0.717, 1.165) is 37.1 Å². The van der Waals surface area contributed by atoms with Crippen LogP contribution in [-0.4, -0.2) is 48.1 Å². The third-order valence-electron chi connectivity index (χ3n) is 5.37. The Morgan fingerprint density at radius 3 is 2.58 bits per heavy atom. The van der Waals surface area contributed by atoms with Gasteiger partial charge < -0.3 is 10.2 Å². The third kappa shape index (κ3) is 4.74. The van der Waals surface area contributed by atoms with E-state index in [9.17, 15) is 14.4 Å². The molecular formula is C23H25N5O3. The van der Waals surface area contributed by atoms with Gasteiger partial charge in [-0.15, -0.1) is 0 Å². The maximum Gasteiger partial charge on any atom is 0.288 e. The van der Waals surface area contributed by atoms with Crippen molar-refractivity contribution in [2.75, 3.05) is 24.6 Å². The summed E-state index contributed by atoms with van der Waals surface area (Å²) in [4.78, 5) is 43.3. The Balaban J connectivity index is 1.38. The molecule has 0 unspecified atom stereocenters. The van der Waals surface area contributed by atoms with Gasteiger partial charge in [0.2, 0.25) is 5.84 Å². The van der Waals surface area contributed by atoms with Crippen LogP contribution in [0.1, 0.15) is 34.3 Å². The molecule has 2 aliphatic heterocycles. The van der Waals surface area contributed by atoms with Crippen molar-refractivity contribution < 1.29 is 14.4 Å². The van der Waals surface area contributed by atoms with Crippen molar-refractivity contribution in [2.45, 2.75) is 26.3 Å². The summed E-state index contributed by atoms with van der Waals surface area (Å²) in [5.41, 5.74) is 5.96. The van der Waals surface area contributed by atoms with Crippen LogP contribution in [0.25, 0.3) is 0 Å². The van der Waals surface area contributed by atoms with Crippen LogP contribution in [0, 0.1) is 6.92 Å². The van der Waals surface area contributed by atoms with E-state index in [2.05, 4.69) is 15.7 Å². The number of aryl methyl sites for hydroxylation is 1. The minimum Gasteiger partial charge on any atom is -0.345 e. The van der Waals surface area contributed by atoms with Crippen molar-refractivity contribution in [3.63, 3.8) is 0 Å². The summed E-state index contributed by atoms with van der Waals surface area (Å²) < 4.78 is 0. The van der Waals surface area contributed by atoms with Gasteiger partial charge in [0.25, 0.3) is 17.7 Å². The van der Waals surface area contributed by atoms with E-state index in [1.165, 1.54) is 5.01 Å². The van der Waals surface area contributed by atoms with Gasteiger partial charge in [0.1, 0.15) is 6.54 Å². The molecule has 0 saturated carbocycles. The molecule has 2 N–H and O–H groups in total. The Labute approximate surface area is 180 Å². The second-order valence-electron chi connectivity index (χ2n) is 7.72. The Morgan fingerprint density at radius 2 is 1.84 bits per heavy atom. The number of nitrogens with zero attached hydrogens (tertiary/aromatic N) is 3. The maximum absolute atomic E-state index is 12.6. The number of carbonyl (C=O) groups is 3. The highest BCUT2D eigenvalue weighted by Crippen LogP contribution is 2.16. The first-order valence-corrected chi connectivity index (χ1v) is 10.4. The molecule has 8 nitrogen and oxygen atoms in total. The van der Waals surface area contributed by atoms with Crippen molar-refractivity contribution in [1.82, 2.24) is 15.6 Å². The number of amides is 3. The van der Waals surface area contributed by atoms with E-state index in [4.69, 9.17) is 0 Å². The van der Waals surface area contributed by atoms with Gasteiger partial charge in [-0.2, -0.15) is 0 Å². The Kier molecular flexibility index (Phi) is 5.97. The number of likely N-dealkylation sites (tertiary alicyclic amines) is 1. The zero-order chi connectivity index (χ0) is 21.8. The highest BCUT2D eigenvalue weighted by atomic mass is 16.2. The van der Waals surface area contributed by atoms with Crippen LogP contribution in [0.4, 0.5) is 5.69 Å². The summed E-state index contributed by atoms with van der Waals surface area (Å²) in [5.74, 6) is -0.560. The summed E-state index contributed by atoms with van der Waals surface area (Å²) in [7, 11) is 0. The van der Waals surface area contributed by atoms with Crippen molar-refractivity contribution in [1.29, 1.82) is 0 Å². The molecule has 8 heteroatoms. The molecule has 2 heterocycles. The molecule has 2 aromatic carbocycles. The summed E-state index contributed by atoms with van der Waals surface area (Å²) in [5, 5.41) is 4.14. The smallest absolute Gasteiger partial charge is 0.288 e. The molecule has 1 fully saturated rings. The zero-order valence-corrected chi connectivity index (χ0v) is 17.4. The zero-order valence-electron chi connectivity index (χ0n) is 17.4. The lowest BCUT2D eigenvalue weighted by Gasteiger charge is -2.27. The Bertz CT molecular complexity index is 1030. The molecule has 0 aromatic heterocycles.